The topological polar surface area (TPSA) is 206 Å². The van der Waals surface area contributed by atoms with Crippen LogP contribution in [0.25, 0.3) is 0 Å². The maximum absolute atomic E-state index is 13.6. The van der Waals surface area contributed by atoms with Gasteiger partial charge in [-0.2, -0.15) is 0 Å². The molecule has 208 valence electrons. The number of carbonyl (C=O) groups is 3. The largest absolute Gasteiger partial charge is 0.507 e. The van der Waals surface area contributed by atoms with Crippen LogP contribution in [0.1, 0.15) is 68.8 Å². The van der Waals surface area contributed by atoms with Gasteiger partial charge in [0.05, 0.1) is 42.1 Å². The summed E-state index contributed by atoms with van der Waals surface area (Å²) in [6.45, 7) is 0.560. The van der Waals surface area contributed by atoms with E-state index in [0.717, 1.165) is 0 Å². The highest BCUT2D eigenvalue weighted by Crippen LogP contribution is 2.52. The van der Waals surface area contributed by atoms with Crippen LogP contribution < -0.4 is 10.5 Å². The van der Waals surface area contributed by atoms with Crippen LogP contribution in [0.4, 0.5) is 0 Å². The molecule has 0 radical (unpaired) electrons. The maximum atomic E-state index is 13.6. The number of hydrogen-bond acceptors (Lipinski definition) is 12. The van der Waals surface area contributed by atoms with E-state index < -0.39 is 95.7 Å². The van der Waals surface area contributed by atoms with Crippen LogP contribution in [0.2, 0.25) is 0 Å². The first kappa shape index (κ1) is 27.2. The van der Waals surface area contributed by atoms with E-state index in [1.54, 1.807) is 6.92 Å². The Bertz CT molecular complexity index is 1380. The van der Waals surface area contributed by atoms with Gasteiger partial charge < -0.3 is 45.5 Å². The number of aromatic hydroxyl groups is 2. The first-order valence-electron chi connectivity index (χ1n) is 12.4. The number of benzene rings is 2. The van der Waals surface area contributed by atoms with Crippen LogP contribution in [-0.4, -0.2) is 86.7 Å². The molecule has 2 aromatic carbocycles. The Hall–Kier alpha value is -3.39. The molecule has 0 spiro atoms. The molecule has 0 aromatic heterocycles. The minimum atomic E-state index is -2.24. The molecule has 0 saturated carbocycles. The van der Waals surface area contributed by atoms with E-state index in [0.29, 0.717) is 0 Å². The number of nitrogens with two attached hydrogens (primary N) is 1. The number of ketones is 3. The second-order valence-corrected chi connectivity index (χ2v) is 10.2. The molecule has 0 amide bonds. The third kappa shape index (κ3) is 4.11. The zero-order valence-electron chi connectivity index (χ0n) is 21.2. The Labute approximate surface area is 222 Å². The Kier molecular flexibility index (Phi) is 6.74. The number of Topliss-reactive ketones (excluding diaryl/α,β-unsaturated/α-hetero) is 1. The van der Waals surface area contributed by atoms with Gasteiger partial charge in [-0.1, -0.05) is 12.1 Å². The highest BCUT2D eigenvalue weighted by atomic mass is 16.7. The van der Waals surface area contributed by atoms with Crippen molar-refractivity contribution >= 4 is 17.3 Å². The number of rotatable bonds is 5. The smallest absolute Gasteiger partial charge is 0.202 e. The van der Waals surface area contributed by atoms with Crippen LogP contribution in [0.3, 0.4) is 0 Å². The molecule has 2 unspecified atom stereocenters. The van der Waals surface area contributed by atoms with Crippen molar-refractivity contribution in [1.29, 1.82) is 0 Å². The molecule has 12 nitrogen and oxygen atoms in total. The average Bonchev–Trinajstić information content (AvgIpc) is 2.90. The van der Waals surface area contributed by atoms with Crippen LogP contribution in [0, 0.1) is 0 Å². The summed E-state index contributed by atoms with van der Waals surface area (Å²) in [5.74, 6) is -3.77. The molecular weight excluding hydrogens is 514 g/mol. The van der Waals surface area contributed by atoms with Gasteiger partial charge in [0.15, 0.2) is 17.9 Å². The fourth-order valence-electron chi connectivity index (χ4n) is 5.75. The summed E-state index contributed by atoms with van der Waals surface area (Å²) in [5, 5.41) is 53.7. The van der Waals surface area contributed by atoms with E-state index in [-0.39, 0.29) is 34.4 Å². The number of aliphatic hydroxyl groups is 3. The van der Waals surface area contributed by atoms with Crippen molar-refractivity contribution in [3.8, 4) is 17.2 Å². The molecule has 1 saturated heterocycles. The fourth-order valence-corrected chi connectivity index (χ4v) is 5.75. The molecule has 39 heavy (non-hydrogen) atoms. The summed E-state index contributed by atoms with van der Waals surface area (Å²) >= 11 is 0. The molecule has 1 aliphatic heterocycles. The van der Waals surface area contributed by atoms with Crippen molar-refractivity contribution in [2.75, 3.05) is 13.7 Å². The normalized spacial score (nSPS) is 29.8. The molecule has 5 rings (SSSR count). The summed E-state index contributed by atoms with van der Waals surface area (Å²) in [6.07, 6.45) is -5.12. The second kappa shape index (κ2) is 9.66. The lowest BCUT2D eigenvalue weighted by Crippen LogP contribution is -2.53. The summed E-state index contributed by atoms with van der Waals surface area (Å²) < 4.78 is 17.0. The molecule has 0 bridgehead atoms. The maximum Gasteiger partial charge on any atom is 0.202 e. The van der Waals surface area contributed by atoms with E-state index in [1.807, 2.05) is 0 Å². The van der Waals surface area contributed by atoms with Crippen molar-refractivity contribution in [1.82, 2.24) is 0 Å². The molecule has 2 aromatic rings. The Balaban J connectivity index is 1.69. The van der Waals surface area contributed by atoms with Gasteiger partial charge >= 0.3 is 0 Å². The van der Waals surface area contributed by atoms with Crippen molar-refractivity contribution in [3.05, 3.63) is 51.6 Å². The molecule has 6 atom stereocenters. The Morgan fingerprint density at radius 1 is 1.15 bits per heavy atom. The third-order valence-corrected chi connectivity index (χ3v) is 7.81. The molecule has 7 N–H and O–H groups in total. The van der Waals surface area contributed by atoms with Crippen molar-refractivity contribution in [2.45, 2.75) is 62.4 Å². The average molecular weight is 544 g/mol. The number of hydrogen-bond donors (Lipinski definition) is 6. The number of methoxy groups -OCH3 is 1. The predicted octanol–water partition coefficient (Wildman–Crippen LogP) is 0.00130. The van der Waals surface area contributed by atoms with Crippen LogP contribution >= 0.6 is 0 Å². The van der Waals surface area contributed by atoms with E-state index >= 15 is 0 Å². The summed E-state index contributed by atoms with van der Waals surface area (Å²) in [6, 6.07) is 3.64. The number of aliphatic hydroxyl groups excluding tert-OH is 2. The number of ether oxygens (including phenoxy) is 3. The monoisotopic (exact) mass is 543 g/mol. The highest BCUT2D eigenvalue weighted by molar-refractivity contribution is 6.31. The lowest BCUT2D eigenvalue weighted by molar-refractivity contribution is -0.247. The number of fused-ring (bicyclic) bond motifs is 3. The minimum Gasteiger partial charge on any atom is -0.507 e. The Morgan fingerprint density at radius 3 is 2.49 bits per heavy atom. The summed E-state index contributed by atoms with van der Waals surface area (Å²) in [5.41, 5.74) is 2.37. The Morgan fingerprint density at radius 2 is 1.85 bits per heavy atom. The quantitative estimate of drug-likeness (QED) is 0.235. The van der Waals surface area contributed by atoms with Crippen LogP contribution in [0.5, 0.6) is 17.2 Å². The standard InChI is InChI=1S/C27H29NO11/c1-10-22(31)13(28)6-17(38-10)39-15-8-27(36,16(30)9-29)7-12-19(15)26(35)21-20(24(12)33)23(32)11-4-3-5-14(37-2)18(11)25(21)34/h3-5,10,13,15,17,22,29,31,33,35-36H,6-9,28H2,1-2H3/t10-,13?,15-,17-,22?,27-/m0/s1. The first-order valence-corrected chi connectivity index (χ1v) is 12.4. The first-order chi connectivity index (χ1) is 18.4. The van der Waals surface area contributed by atoms with Gasteiger partial charge in [0.2, 0.25) is 5.78 Å². The van der Waals surface area contributed by atoms with Gasteiger partial charge in [-0.15, -0.1) is 0 Å². The van der Waals surface area contributed by atoms with Gasteiger partial charge in [0.1, 0.15) is 29.5 Å². The van der Waals surface area contributed by atoms with Crippen LogP contribution in [0.15, 0.2) is 18.2 Å². The van der Waals surface area contributed by atoms with Crippen molar-refractivity contribution in [3.63, 3.8) is 0 Å². The molecule has 12 heteroatoms. The van der Waals surface area contributed by atoms with Gasteiger partial charge in [-0.05, 0) is 13.0 Å². The fraction of sp³-hybridized carbons (Fsp3) is 0.444. The zero-order chi connectivity index (χ0) is 28.4. The molecule has 1 heterocycles. The second-order valence-electron chi connectivity index (χ2n) is 10.2. The van der Waals surface area contributed by atoms with E-state index in [2.05, 4.69) is 0 Å². The number of carbonyl (C=O) groups excluding carboxylic acids is 3. The lowest BCUT2D eigenvalue weighted by Gasteiger charge is -2.42. The minimum absolute atomic E-state index is 0.0173. The molecular formula is C27H29NO11. The van der Waals surface area contributed by atoms with Gasteiger partial charge in [-0.3, -0.25) is 14.4 Å². The molecule has 2 aliphatic carbocycles. The molecule has 3 aliphatic rings. The molecule has 1 fully saturated rings. The lowest BCUT2D eigenvalue weighted by atomic mass is 9.72. The van der Waals surface area contributed by atoms with E-state index in [9.17, 15) is 39.9 Å². The zero-order valence-corrected chi connectivity index (χ0v) is 21.2. The van der Waals surface area contributed by atoms with Gasteiger partial charge in [0.25, 0.3) is 0 Å². The van der Waals surface area contributed by atoms with Gasteiger partial charge in [0, 0.05) is 42.0 Å². The summed E-state index contributed by atoms with van der Waals surface area (Å²) in [4.78, 5) is 39.7. The number of phenolic OH excluding ortho intramolecular Hbond substituents is 2. The third-order valence-electron chi connectivity index (χ3n) is 7.81. The van der Waals surface area contributed by atoms with E-state index in [1.165, 1.54) is 25.3 Å². The van der Waals surface area contributed by atoms with E-state index in [4.69, 9.17) is 19.9 Å². The van der Waals surface area contributed by atoms with Crippen molar-refractivity contribution < 1.29 is 54.1 Å². The highest BCUT2D eigenvalue weighted by Gasteiger charge is 2.50. The summed E-state index contributed by atoms with van der Waals surface area (Å²) in [7, 11) is 1.32. The van der Waals surface area contributed by atoms with Crippen LogP contribution in [-0.2, 0) is 20.7 Å². The van der Waals surface area contributed by atoms with Gasteiger partial charge in [-0.25, -0.2) is 0 Å². The van der Waals surface area contributed by atoms with Crippen molar-refractivity contribution in [2.24, 2.45) is 5.73 Å². The predicted molar refractivity (Wildman–Crippen MR) is 132 cm³/mol. The number of phenols is 2. The SMILES string of the molecule is COc1cccc2c1C(=O)c1c(O)c3c(c(O)c1C2=O)C[C@@](O)(C(=O)CO)C[C@@H]3O[C@H]1CC(N)C(O)[C@H](C)O1.